The van der Waals surface area contributed by atoms with Crippen LogP contribution in [0.5, 0.6) is 0 Å². The Balaban J connectivity index is 0.789. The molecule has 129 heavy (non-hydrogen) atoms. The molecule has 740 valence electrons. The summed E-state index contributed by atoms with van der Waals surface area (Å²) in [6, 6.07) is 0. The summed E-state index contributed by atoms with van der Waals surface area (Å²) >= 11 is 0. The number of rotatable bonds is 27. The Hall–Kier alpha value is -3.40. The zero-order valence-electron chi connectivity index (χ0n) is 74.1. The van der Waals surface area contributed by atoms with Gasteiger partial charge in [0.25, 0.3) is 0 Å². The van der Waals surface area contributed by atoms with E-state index in [0.29, 0.717) is 32.1 Å². The summed E-state index contributed by atoms with van der Waals surface area (Å²) in [6.45, 7) is 19.1. The maximum Gasteiger partial charge on any atom is 0.336 e. The number of hydrogen-bond acceptors (Lipinski definition) is 43. The molecule has 12 fully saturated rings. The molecule has 0 amide bonds. The molecule has 4 saturated carbocycles. The first-order chi connectivity index (χ1) is 60.5. The highest BCUT2D eigenvalue weighted by Gasteiger charge is 2.74. The van der Waals surface area contributed by atoms with Crippen LogP contribution in [0, 0.1) is 50.2 Å². The predicted molar refractivity (Wildman–Crippen MR) is 429 cm³/mol. The SMILES string of the molecule is C=C[C@](C)(CC/C=C(\CO)C(=O)O[C@H]1C[C@]2(C(=O)O[C@@H]3O[C@H](CO)[C@@H](O)[C@H](O)[C@H]3O[C@@H]3O[C@@H](C)[C@H](O[C@@H]4O[C@@H](CO)[C@H](O)[C@H]4O)[C@@H](O[C@@H]4O[C@H](CO)[C@@H](O)[C@H](O)[C@H]4O)[C@H]3O)[C@H](O)C[C@]3(C)C(=CC[C@@H]4[C@@]5(C)CC[C@H](O[C@@H]6O[C@H](CO[C@@H]7O[C@H](C)[C@H](O)[C@H](O)[C@H]7O[C@@H]7OC[C@@H](O)[C@H](O)[C@H]7O)[C@@H](O)[C@H](O)[C@H]6O)C(C)(C)[C@@H]5CC[C@]43C)[C@H]2CC1(C)C)O[C@@H]1O[C@H](C)[C@@H](O)[C@H](O)[C@H]1O. The van der Waals surface area contributed by atoms with Crippen LogP contribution in [0.3, 0.4) is 0 Å². The van der Waals surface area contributed by atoms with E-state index in [9.17, 15) is 127 Å². The van der Waals surface area contributed by atoms with E-state index in [2.05, 4.69) is 33.4 Å². The third-order valence-corrected chi connectivity index (χ3v) is 31.4. The van der Waals surface area contributed by atoms with E-state index < -0.39 is 354 Å². The summed E-state index contributed by atoms with van der Waals surface area (Å²) in [6.07, 6.45) is -63.6. The summed E-state index contributed by atoms with van der Waals surface area (Å²) in [5, 5.41) is 267. The predicted octanol–water partition coefficient (Wildman–Crippen LogP) is -7.25. The molecular weight excluding hydrogens is 1720 g/mol. The van der Waals surface area contributed by atoms with Gasteiger partial charge >= 0.3 is 11.9 Å². The van der Waals surface area contributed by atoms with Crippen LogP contribution in [0.2, 0.25) is 0 Å². The van der Waals surface area contributed by atoms with Crippen molar-refractivity contribution in [3.63, 3.8) is 0 Å². The fourth-order valence-electron chi connectivity index (χ4n) is 23.1. The van der Waals surface area contributed by atoms with Gasteiger partial charge in [-0.3, -0.25) is 4.79 Å². The zero-order chi connectivity index (χ0) is 94.7. The summed E-state index contributed by atoms with van der Waals surface area (Å²) in [5.41, 5.74) is -7.21. The van der Waals surface area contributed by atoms with E-state index >= 15 is 4.79 Å². The normalized spacial score (nSPS) is 51.6. The number of aliphatic hydroxyl groups excluding tert-OH is 24. The number of allylic oxidation sites excluding steroid dienone is 3. The Morgan fingerprint density at radius 1 is 0.481 bits per heavy atom. The molecule has 13 aliphatic rings. The second-order valence-electron chi connectivity index (χ2n) is 40.0. The molecule has 24 N–H and O–H groups in total. The van der Waals surface area contributed by atoms with Gasteiger partial charge in [0, 0.05) is 11.8 Å². The molecule has 0 spiro atoms. The highest BCUT2D eigenvalue weighted by Crippen LogP contribution is 2.76. The molecule has 0 aromatic heterocycles. The van der Waals surface area contributed by atoms with Crippen LogP contribution in [-0.4, -0.2) is 431 Å². The minimum atomic E-state index is -2.27. The molecular formula is C86H138O43. The van der Waals surface area contributed by atoms with Gasteiger partial charge in [0.1, 0.15) is 170 Å². The second-order valence-corrected chi connectivity index (χ2v) is 40.0. The van der Waals surface area contributed by atoms with Crippen LogP contribution >= 0.6 is 0 Å². The van der Waals surface area contributed by atoms with Gasteiger partial charge in [0.05, 0.1) is 81.3 Å². The monoisotopic (exact) mass is 1860 g/mol. The molecule has 13 rings (SSSR count). The highest BCUT2D eigenvalue weighted by molar-refractivity contribution is 5.89. The van der Waals surface area contributed by atoms with Gasteiger partial charge in [0.2, 0.25) is 6.29 Å². The summed E-state index contributed by atoms with van der Waals surface area (Å²) in [7, 11) is 0. The second kappa shape index (κ2) is 39.8. The van der Waals surface area contributed by atoms with Gasteiger partial charge in [0.15, 0.2) is 50.1 Å². The third-order valence-electron chi connectivity index (χ3n) is 31.4. The Morgan fingerprint density at radius 2 is 0.969 bits per heavy atom. The number of carbonyl (C=O) groups is 2. The molecule has 8 aliphatic heterocycles. The quantitative estimate of drug-likeness (QED) is 0.0157. The number of aliphatic hydroxyl groups is 24. The average molecular weight is 1860 g/mol. The largest absolute Gasteiger partial charge is 0.458 e. The lowest BCUT2D eigenvalue weighted by atomic mass is 9.33. The number of ether oxygens (including phenoxy) is 17. The van der Waals surface area contributed by atoms with Gasteiger partial charge in [-0.1, -0.05) is 72.3 Å². The maximum absolute atomic E-state index is 16.7. The minimum Gasteiger partial charge on any atom is -0.458 e. The fourth-order valence-corrected chi connectivity index (χ4v) is 23.1. The molecule has 8 saturated heterocycles. The fraction of sp³-hybridized carbons (Fsp3) is 0.907. The first-order valence-electron chi connectivity index (χ1n) is 44.7. The maximum atomic E-state index is 16.7. The van der Waals surface area contributed by atoms with E-state index in [0.717, 1.165) is 5.57 Å². The van der Waals surface area contributed by atoms with Gasteiger partial charge < -0.3 is 203 Å². The molecule has 43 heteroatoms. The van der Waals surface area contributed by atoms with Crippen LogP contribution in [0.25, 0.3) is 0 Å². The summed E-state index contributed by atoms with van der Waals surface area (Å²) < 4.78 is 103. The minimum absolute atomic E-state index is 0.0147. The molecule has 8 heterocycles. The smallest absolute Gasteiger partial charge is 0.336 e. The van der Waals surface area contributed by atoms with Gasteiger partial charge in [-0.05, 0) is 125 Å². The Bertz CT molecular complexity index is 3840. The Kier molecular flexibility index (Phi) is 31.8. The van der Waals surface area contributed by atoms with Crippen molar-refractivity contribution in [2.45, 2.75) is 398 Å². The van der Waals surface area contributed by atoms with Gasteiger partial charge in [-0.15, -0.1) is 6.58 Å². The van der Waals surface area contributed by atoms with Crippen molar-refractivity contribution in [2.24, 2.45) is 50.2 Å². The molecule has 0 bridgehead atoms. The Labute approximate surface area is 745 Å². The molecule has 0 aromatic carbocycles. The molecule has 5 aliphatic carbocycles. The summed E-state index contributed by atoms with van der Waals surface area (Å²) in [4.78, 5) is 31.6. The lowest BCUT2D eigenvalue weighted by Gasteiger charge is -2.72. The van der Waals surface area contributed by atoms with Crippen LogP contribution < -0.4 is 0 Å². The van der Waals surface area contributed by atoms with Crippen molar-refractivity contribution in [3.8, 4) is 0 Å². The number of hydrogen-bond donors (Lipinski definition) is 24. The van der Waals surface area contributed by atoms with E-state index in [1.807, 2.05) is 13.8 Å². The molecule has 0 radical (unpaired) electrons. The molecule has 43 nitrogen and oxygen atoms in total. The van der Waals surface area contributed by atoms with Crippen molar-refractivity contribution in [3.05, 3.63) is 36.0 Å². The molecule has 0 aromatic rings. The van der Waals surface area contributed by atoms with Crippen LogP contribution in [-0.2, 0) is 90.1 Å². The third kappa shape index (κ3) is 18.9. The van der Waals surface area contributed by atoms with Crippen molar-refractivity contribution >= 4 is 11.9 Å². The van der Waals surface area contributed by atoms with E-state index in [4.69, 9.17) is 80.5 Å². The summed E-state index contributed by atoms with van der Waals surface area (Å²) in [5.74, 6) is -3.65. The van der Waals surface area contributed by atoms with Crippen molar-refractivity contribution in [1.82, 2.24) is 0 Å². The number of esters is 2. The van der Waals surface area contributed by atoms with E-state index in [1.54, 1.807) is 20.8 Å². The first-order valence-corrected chi connectivity index (χ1v) is 44.7. The van der Waals surface area contributed by atoms with Crippen molar-refractivity contribution in [1.29, 1.82) is 0 Å². The van der Waals surface area contributed by atoms with Gasteiger partial charge in [-0.2, -0.15) is 0 Å². The molecule has 0 unspecified atom stereocenters. The van der Waals surface area contributed by atoms with Crippen molar-refractivity contribution < 1.29 is 213 Å². The Morgan fingerprint density at radius 3 is 1.58 bits per heavy atom. The topological polar surface area (TPSA) is 677 Å². The van der Waals surface area contributed by atoms with E-state index in [1.165, 1.54) is 32.9 Å². The van der Waals surface area contributed by atoms with Crippen molar-refractivity contribution in [2.75, 3.05) is 39.6 Å². The van der Waals surface area contributed by atoms with Crippen LogP contribution in [0.4, 0.5) is 0 Å². The van der Waals surface area contributed by atoms with Crippen LogP contribution in [0.1, 0.15) is 140 Å². The lowest BCUT2D eigenvalue weighted by Crippen LogP contribution is -2.70. The average Bonchev–Trinajstić information content (AvgIpc) is 1.25. The van der Waals surface area contributed by atoms with Gasteiger partial charge in [-0.25, -0.2) is 4.79 Å². The van der Waals surface area contributed by atoms with E-state index in [-0.39, 0.29) is 43.1 Å². The van der Waals surface area contributed by atoms with Crippen LogP contribution in [0.15, 0.2) is 36.0 Å². The first kappa shape index (κ1) is 103. The zero-order valence-corrected chi connectivity index (χ0v) is 74.1. The molecule has 49 atom stereocenters. The number of fused-ring (bicyclic) bond motifs is 7. The highest BCUT2D eigenvalue weighted by atomic mass is 16.8. The lowest BCUT2D eigenvalue weighted by molar-refractivity contribution is -0.390. The standard InChI is InChI=1S/C86H138O43/c1-13-82(9,129-76-64(109)55(100)48(93)32(2)115-76)20-14-15-35(26-87)70(111)122-47-25-86(79(112)128-78-69(59(104)52(97)40(28-89)120-78)127-75-65(110)67(125-74-63(108)56(101)51(96)39(27-88)118-74)66(34(4)117-75)124-73-61(106)53(98)41(29-90)119-73)37(23-80(47,5)6)36-16-17-44-83(10)21-19-46(81(7,8)43(83)18-22-84(44,11)85(36,12)24-45(86)92)123-72-62(107)57(102)54(99)42(121-72)31-114-77-68(58(103)49(94)33(3)116-77)126-71-60(105)50(95)38(91)30-113-71/h13,15-16,32-34,37-69,71-78,87-110H,1,14,17-31H2,2-12H3/b35-15+/t32-,33-,34+,37-,38-,39-,40-,41+,42-,43+,44-,45-,46+,47+,48-,49+,50+,51-,52-,53+,54-,55+,56+,57+,58+,59+,60-,61-,62-,63-,64-,65-,66+,67+,68-,69-,71+,72+,73+,74+,75+,76+,77-,78+,82-,83+,84-,85-,86-/m1/s1. The number of carbonyl (C=O) groups excluding carboxylic acids is 2.